The summed E-state index contributed by atoms with van der Waals surface area (Å²) >= 11 is 0. The molecule has 0 N–H and O–H groups in total. The standard InChI is InChI=1S/C23H22N4O2/c1-15-5-6-17(12-16(15)2)23(28)26-10-7-19(13-26)27-21(18-8-11-29-14-18)25-20-4-3-9-24-22(20)27/h3-6,8-9,11-12,14,19H,7,10,13H2,1-2H3/t19-/m0/s1. The number of carbonyl (C=O) groups is 1. The van der Waals surface area contributed by atoms with Gasteiger partial charge in [-0.05, 0) is 61.7 Å². The van der Waals surface area contributed by atoms with Crippen LogP contribution >= 0.6 is 0 Å². The molecule has 6 heteroatoms. The number of fused-ring (bicyclic) bond motifs is 1. The van der Waals surface area contributed by atoms with Crippen molar-refractivity contribution in [2.24, 2.45) is 0 Å². The number of hydrogen-bond acceptors (Lipinski definition) is 4. The second-order valence-electron chi connectivity index (χ2n) is 7.66. The van der Waals surface area contributed by atoms with Crippen LogP contribution in [0.3, 0.4) is 0 Å². The van der Waals surface area contributed by atoms with Gasteiger partial charge in [0.1, 0.15) is 17.6 Å². The van der Waals surface area contributed by atoms with E-state index in [1.54, 1.807) is 18.7 Å². The second-order valence-corrected chi connectivity index (χ2v) is 7.66. The lowest BCUT2D eigenvalue weighted by atomic mass is 10.1. The van der Waals surface area contributed by atoms with Gasteiger partial charge in [0, 0.05) is 24.8 Å². The number of imidazole rings is 1. The molecule has 1 atom stereocenters. The number of benzene rings is 1. The highest BCUT2D eigenvalue weighted by Gasteiger charge is 2.31. The molecular formula is C23H22N4O2. The number of rotatable bonds is 3. The summed E-state index contributed by atoms with van der Waals surface area (Å²) in [6.45, 7) is 5.45. The van der Waals surface area contributed by atoms with Crippen molar-refractivity contribution < 1.29 is 9.21 Å². The highest BCUT2D eigenvalue weighted by Crippen LogP contribution is 2.32. The van der Waals surface area contributed by atoms with E-state index < -0.39 is 0 Å². The van der Waals surface area contributed by atoms with Gasteiger partial charge in [0.05, 0.1) is 17.9 Å². The maximum absolute atomic E-state index is 13.1. The Bertz CT molecular complexity index is 1190. The largest absolute Gasteiger partial charge is 0.472 e. The minimum atomic E-state index is 0.0813. The van der Waals surface area contributed by atoms with E-state index in [1.165, 1.54) is 5.56 Å². The Balaban J connectivity index is 1.48. The summed E-state index contributed by atoms with van der Waals surface area (Å²) in [4.78, 5) is 24.4. The van der Waals surface area contributed by atoms with E-state index in [9.17, 15) is 4.79 Å². The third-order valence-corrected chi connectivity index (χ3v) is 5.80. The summed E-state index contributed by atoms with van der Waals surface area (Å²) in [7, 11) is 0. The molecule has 5 rings (SSSR count). The molecule has 1 aliphatic heterocycles. The third kappa shape index (κ3) is 3.01. The molecule has 0 aliphatic carbocycles. The molecule has 3 aromatic heterocycles. The summed E-state index contributed by atoms with van der Waals surface area (Å²) in [5.74, 6) is 0.913. The SMILES string of the molecule is Cc1ccc(C(=O)N2CC[C@H](n3c(-c4ccoc4)nc4cccnc43)C2)cc1C. The van der Waals surface area contributed by atoms with Crippen LogP contribution in [-0.4, -0.2) is 38.4 Å². The molecule has 1 fully saturated rings. The molecule has 0 spiro atoms. The number of carbonyl (C=O) groups excluding carboxylic acids is 1. The number of hydrogen-bond donors (Lipinski definition) is 0. The van der Waals surface area contributed by atoms with Crippen LogP contribution in [0.15, 0.2) is 59.5 Å². The zero-order valence-electron chi connectivity index (χ0n) is 16.5. The lowest BCUT2D eigenvalue weighted by Gasteiger charge is -2.19. The fraction of sp³-hybridized carbons (Fsp3) is 0.261. The van der Waals surface area contributed by atoms with E-state index in [2.05, 4.69) is 16.5 Å². The molecule has 4 aromatic rings. The van der Waals surface area contributed by atoms with Gasteiger partial charge >= 0.3 is 0 Å². The van der Waals surface area contributed by atoms with Crippen LogP contribution in [0.25, 0.3) is 22.6 Å². The Morgan fingerprint density at radius 1 is 1.17 bits per heavy atom. The van der Waals surface area contributed by atoms with Crippen LogP contribution in [-0.2, 0) is 0 Å². The van der Waals surface area contributed by atoms with E-state index >= 15 is 0 Å². The normalized spacial score (nSPS) is 16.6. The summed E-state index contributed by atoms with van der Waals surface area (Å²) in [5, 5.41) is 0. The van der Waals surface area contributed by atoms with Crippen molar-refractivity contribution in [2.75, 3.05) is 13.1 Å². The second kappa shape index (κ2) is 6.88. The Morgan fingerprint density at radius 3 is 2.86 bits per heavy atom. The number of aryl methyl sites for hydroxylation is 2. The van der Waals surface area contributed by atoms with Gasteiger partial charge in [0.15, 0.2) is 5.65 Å². The van der Waals surface area contributed by atoms with Crippen molar-refractivity contribution in [3.05, 3.63) is 71.8 Å². The van der Waals surface area contributed by atoms with Gasteiger partial charge in [-0.2, -0.15) is 0 Å². The minimum absolute atomic E-state index is 0.0813. The molecule has 0 saturated carbocycles. The number of furan rings is 1. The Kier molecular flexibility index (Phi) is 4.19. The van der Waals surface area contributed by atoms with Crippen molar-refractivity contribution in [1.82, 2.24) is 19.4 Å². The monoisotopic (exact) mass is 386 g/mol. The predicted molar refractivity (Wildman–Crippen MR) is 111 cm³/mol. The van der Waals surface area contributed by atoms with Gasteiger partial charge in [-0.15, -0.1) is 0 Å². The van der Waals surface area contributed by atoms with Crippen LogP contribution < -0.4 is 0 Å². The molecule has 146 valence electrons. The summed E-state index contributed by atoms with van der Waals surface area (Å²) < 4.78 is 7.44. The van der Waals surface area contributed by atoms with Crippen LogP contribution in [0.5, 0.6) is 0 Å². The maximum Gasteiger partial charge on any atom is 0.253 e. The van der Waals surface area contributed by atoms with Crippen LogP contribution in [0.1, 0.15) is 33.9 Å². The molecule has 1 aromatic carbocycles. The van der Waals surface area contributed by atoms with Crippen molar-refractivity contribution in [1.29, 1.82) is 0 Å². The fourth-order valence-corrected chi connectivity index (χ4v) is 4.06. The van der Waals surface area contributed by atoms with Crippen molar-refractivity contribution in [3.63, 3.8) is 0 Å². The third-order valence-electron chi connectivity index (χ3n) is 5.80. The van der Waals surface area contributed by atoms with E-state index in [1.807, 2.05) is 48.2 Å². The molecule has 29 heavy (non-hydrogen) atoms. The summed E-state index contributed by atoms with van der Waals surface area (Å²) in [6, 6.07) is 11.8. The lowest BCUT2D eigenvalue weighted by molar-refractivity contribution is 0.0788. The van der Waals surface area contributed by atoms with Crippen molar-refractivity contribution >= 4 is 17.1 Å². The molecule has 4 heterocycles. The quantitative estimate of drug-likeness (QED) is 0.524. The Hall–Kier alpha value is -3.41. The molecule has 1 saturated heterocycles. The molecule has 1 aliphatic rings. The number of pyridine rings is 1. The zero-order chi connectivity index (χ0) is 20.0. The first-order valence-electron chi connectivity index (χ1n) is 9.84. The highest BCUT2D eigenvalue weighted by molar-refractivity contribution is 5.94. The first-order valence-corrected chi connectivity index (χ1v) is 9.84. The Labute approximate surface area is 168 Å². The number of aromatic nitrogens is 3. The number of amides is 1. The first-order chi connectivity index (χ1) is 14.1. The van der Waals surface area contributed by atoms with Gasteiger partial charge in [-0.3, -0.25) is 4.79 Å². The van der Waals surface area contributed by atoms with Crippen LogP contribution in [0.4, 0.5) is 0 Å². The van der Waals surface area contributed by atoms with Gasteiger partial charge in [0.2, 0.25) is 0 Å². The summed E-state index contributed by atoms with van der Waals surface area (Å²) in [5.41, 5.74) is 5.69. The highest BCUT2D eigenvalue weighted by atomic mass is 16.3. The fourth-order valence-electron chi connectivity index (χ4n) is 4.06. The van der Waals surface area contributed by atoms with E-state index in [0.717, 1.165) is 40.1 Å². The average Bonchev–Trinajstić information content (AvgIpc) is 3.47. The molecular weight excluding hydrogens is 364 g/mol. The van der Waals surface area contributed by atoms with Crippen molar-refractivity contribution in [3.8, 4) is 11.4 Å². The summed E-state index contributed by atoms with van der Waals surface area (Å²) in [6.07, 6.45) is 6.00. The Morgan fingerprint density at radius 2 is 2.07 bits per heavy atom. The number of nitrogens with zero attached hydrogens (tertiary/aromatic N) is 4. The first kappa shape index (κ1) is 17.7. The predicted octanol–water partition coefficient (Wildman–Crippen LogP) is 4.40. The molecule has 1 amide bonds. The molecule has 0 radical (unpaired) electrons. The van der Waals surface area contributed by atoms with Gasteiger partial charge < -0.3 is 13.9 Å². The topological polar surface area (TPSA) is 64.2 Å². The van der Waals surface area contributed by atoms with Crippen molar-refractivity contribution in [2.45, 2.75) is 26.3 Å². The molecule has 6 nitrogen and oxygen atoms in total. The van der Waals surface area contributed by atoms with Gasteiger partial charge in [-0.1, -0.05) is 6.07 Å². The minimum Gasteiger partial charge on any atom is -0.472 e. The lowest BCUT2D eigenvalue weighted by Crippen LogP contribution is -2.29. The average molecular weight is 386 g/mol. The number of likely N-dealkylation sites (tertiary alicyclic amines) is 1. The van der Waals surface area contributed by atoms with Crippen LogP contribution in [0.2, 0.25) is 0 Å². The maximum atomic E-state index is 13.1. The molecule has 0 unspecified atom stereocenters. The van der Waals surface area contributed by atoms with Gasteiger partial charge in [0.25, 0.3) is 5.91 Å². The van der Waals surface area contributed by atoms with E-state index in [0.29, 0.717) is 13.1 Å². The smallest absolute Gasteiger partial charge is 0.253 e. The zero-order valence-corrected chi connectivity index (χ0v) is 16.5. The van der Waals surface area contributed by atoms with E-state index in [-0.39, 0.29) is 11.9 Å². The molecule has 0 bridgehead atoms. The van der Waals surface area contributed by atoms with Crippen LogP contribution in [0, 0.1) is 13.8 Å². The van der Waals surface area contributed by atoms with E-state index in [4.69, 9.17) is 9.40 Å². The van der Waals surface area contributed by atoms with Gasteiger partial charge in [-0.25, -0.2) is 9.97 Å².